The maximum absolute atomic E-state index is 11.7. The number of para-hydroxylation sites is 2. The minimum atomic E-state index is -1.05. The van der Waals surface area contributed by atoms with Gasteiger partial charge in [-0.15, -0.1) is 0 Å². The third kappa shape index (κ3) is 5.63. The summed E-state index contributed by atoms with van der Waals surface area (Å²) < 4.78 is 16.2. The van der Waals surface area contributed by atoms with Crippen LogP contribution in [-0.2, 0) is 9.53 Å². The first kappa shape index (κ1) is 17.3. The molecule has 0 saturated carbocycles. The van der Waals surface area contributed by atoms with Crippen LogP contribution in [-0.4, -0.2) is 31.3 Å². The van der Waals surface area contributed by atoms with E-state index in [1.807, 2.05) is 31.2 Å². The largest absolute Gasteiger partial charge is 0.490 e. The van der Waals surface area contributed by atoms with E-state index in [-0.39, 0.29) is 0 Å². The zero-order valence-electron chi connectivity index (χ0n) is 13.1. The molecular formula is C16H25NO4. The Morgan fingerprint density at radius 3 is 2.24 bits per heavy atom. The van der Waals surface area contributed by atoms with Gasteiger partial charge in [-0.25, -0.2) is 0 Å². The Morgan fingerprint density at radius 2 is 1.71 bits per heavy atom. The van der Waals surface area contributed by atoms with Gasteiger partial charge in [-0.1, -0.05) is 19.1 Å². The fourth-order valence-electron chi connectivity index (χ4n) is 1.67. The minimum Gasteiger partial charge on any atom is -0.490 e. The van der Waals surface area contributed by atoms with Crippen molar-refractivity contribution in [1.29, 1.82) is 0 Å². The highest BCUT2D eigenvalue weighted by molar-refractivity contribution is 5.79. The van der Waals surface area contributed by atoms with E-state index in [1.54, 1.807) is 13.8 Å². The second-order valence-electron chi connectivity index (χ2n) is 5.03. The Bertz CT molecular complexity index is 446. The molecule has 0 aliphatic carbocycles. The third-order valence-electron chi connectivity index (χ3n) is 2.93. The van der Waals surface area contributed by atoms with Gasteiger partial charge in [0, 0.05) is 6.42 Å². The lowest BCUT2D eigenvalue weighted by Crippen LogP contribution is -2.47. The van der Waals surface area contributed by atoms with Gasteiger partial charge < -0.3 is 19.9 Å². The van der Waals surface area contributed by atoms with Crippen LogP contribution in [0.3, 0.4) is 0 Å². The summed E-state index contributed by atoms with van der Waals surface area (Å²) in [5.74, 6) is 0.948. The SMILES string of the molecule is CCCOc1ccccc1OCCC(C)(N)C(=O)OCC. The molecule has 1 rings (SSSR count). The summed E-state index contributed by atoms with van der Waals surface area (Å²) >= 11 is 0. The van der Waals surface area contributed by atoms with Crippen LogP contribution >= 0.6 is 0 Å². The molecule has 0 spiro atoms. The van der Waals surface area contributed by atoms with Crippen LogP contribution in [0.4, 0.5) is 0 Å². The molecule has 5 heteroatoms. The predicted molar refractivity (Wildman–Crippen MR) is 81.6 cm³/mol. The van der Waals surface area contributed by atoms with E-state index in [4.69, 9.17) is 19.9 Å². The summed E-state index contributed by atoms with van der Waals surface area (Å²) in [6.07, 6.45) is 1.30. The molecule has 0 saturated heterocycles. The molecule has 0 radical (unpaired) electrons. The van der Waals surface area contributed by atoms with Gasteiger partial charge in [0.15, 0.2) is 11.5 Å². The molecule has 5 nitrogen and oxygen atoms in total. The molecule has 0 heterocycles. The number of esters is 1. The highest BCUT2D eigenvalue weighted by Gasteiger charge is 2.29. The van der Waals surface area contributed by atoms with E-state index in [0.717, 1.165) is 6.42 Å². The van der Waals surface area contributed by atoms with Gasteiger partial charge >= 0.3 is 5.97 Å². The van der Waals surface area contributed by atoms with Gasteiger partial charge in [-0.05, 0) is 32.4 Å². The van der Waals surface area contributed by atoms with Crippen LogP contribution in [0.15, 0.2) is 24.3 Å². The summed E-state index contributed by atoms with van der Waals surface area (Å²) in [5.41, 5.74) is 4.90. The lowest BCUT2D eigenvalue weighted by molar-refractivity contribution is -0.149. The van der Waals surface area contributed by atoms with Crippen molar-refractivity contribution in [2.75, 3.05) is 19.8 Å². The number of nitrogens with two attached hydrogens (primary N) is 1. The van der Waals surface area contributed by atoms with E-state index < -0.39 is 11.5 Å². The number of rotatable bonds is 9. The molecule has 1 aromatic carbocycles. The molecule has 0 amide bonds. The standard InChI is InChI=1S/C16H25NO4/c1-4-11-20-13-8-6-7-9-14(13)21-12-10-16(3,17)15(18)19-5-2/h6-9H,4-5,10-12,17H2,1-3H3. The highest BCUT2D eigenvalue weighted by atomic mass is 16.5. The zero-order valence-corrected chi connectivity index (χ0v) is 13.1. The number of carbonyl (C=O) groups is 1. The highest BCUT2D eigenvalue weighted by Crippen LogP contribution is 2.27. The Morgan fingerprint density at radius 1 is 1.14 bits per heavy atom. The van der Waals surface area contributed by atoms with Gasteiger partial charge in [0.2, 0.25) is 0 Å². The molecule has 0 aliphatic rings. The summed E-state index contributed by atoms with van der Waals surface area (Å²) in [6.45, 7) is 6.72. The Balaban J connectivity index is 2.54. The maximum Gasteiger partial charge on any atom is 0.325 e. The molecule has 1 unspecified atom stereocenters. The van der Waals surface area contributed by atoms with Crippen molar-refractivity contribution < 1.29 is 19.0 Å². The van der Waals surface area contributed by atoms with E-state index in [9.17, 15) is 4.79 Å². The smallest absolute Gasteiger partial charge is 0.325 e. The summed E-state index contributed by atoms with van der Waals surface area (Å²) in [5, 5.41) is 0. The Kier molecular flexibility index (Phi) is 7.02. The molecule has 0 fully saturated rings. The maximum atomic E-state index is 11.7. The van der Waals surface area contributed by atoms with E-state index in [0.29, 0.717) is 37.7 Å². The second kappa shape index (κ2) is 8.52. The van der Waals surface area contributed by atoms with Crippen molar-refractivity contribution in [2.45, 2.75) is 39.2 Å². The van der Waals surface area contributed by atoms with Crippen molar-refractivity contribution in [3.05, 3.63) is 24.3 Å². The van der Waals surface area contributed by atoms with Crippen LogP contribution < -0.4 is 15.2 Å². The van der Waals surface area contributed by atoms with Gasteiger partial charge in [0.05, 0.1) is 19.8 Å². The lowest BCUT2D eigenvalue weighted by atomic mass is 10.0. The van der Waals surface area contributed by atoms with E-state index >= 15 is 0 Å². The zero-order chi connectivity index (χ0) is 15.7. The second-order valence-corrected chi connectivity index (χ2v) is 5.03. The molecule has 2 N–H and O–H groups in total. The number of ether oxygens (including phenoxy) is 3. The molecule has 118 valence electrons. The van der Waals surface area contributed by atoms with Crippen molar-refractivity contribution in [3.8, 4) is 11.5 Å². The first-order valence-corrected chi connectivity index (χ1v) is 7.32. The number of benzene rings is 1. The molecule has 0 aromatic heterocycles. The number of hydrogen-bond donors (Lipinski definition) is 1. The van der Waals surface area contributed by atoms with Gasteiger partial charge in [-0.3, -0.25) is 4.79 Å². The molecule has 0 bridgehead atoms. The normalized spacial score (nSPS) is 13.3. The molecule has 0 aliphatic heterocycles. The van der Waals surface area contributed by atoms with Crippen molar-refractivity contribution in [1.82, 2.24) is 0 Å². The number of carbonyl (C=O) groups excluding carboxylic acids is 1. The van der Waals surface area contributed by atoms with Crippen molar-refractivity contribution in [2.24, 2.45) is 5.73 Å². The van der Waals surface area contributed by atoms with Crippen LogP contribution in [0.2, 0.25) is 0 Å². The summed E-state index contributed by atoms with van der Waals surface area (Å²) in [6, 6.07) is 7.46. The molecule has 1 aromatic rings. The average Bonchev–Trinajstić information content (AvgIpc) is 2.46. The van der Waals surface area contributed by atoms with Crippen molar-refractivity contribution >= 4 is 5.97 Å². The summed E-state index contributed by atoms with van der Waals surface area (Å²) in [4.78, 5) is 11.7. The number of hydrogen-bond acceptors (Lipinski definition) is 5. The first-order valence-electron chi connectivity index (χ1n) is 7.32. The monoisotopic (exact) mass is 295 g/mol. The van der Waals surface area contributed by atoms with Crippen LogP contribution in [0.25, 0.3) is 0 Å². The van der Waals surface area contributed by atoms with Gasteiger partial charge in [0.25, 0.3) is 0 Å². The Hall–Kier alpha value is -1.75. The fourth-order valence-corrected chi connectivity index (χ4v) is 1.67. The average molecular weight is 295 g/mol. The van der Waals surface area contributed by atoms with Crippen LogP contribution in [0.1, 0.15) is 33.6 Å². The third-order valence-corrected chi connectivity index (χ3v) is 2.93. The fraction of sp³-hybridized carbons (Fsp3) is 0.562. The molecular weight excluding hydrogens is 270 g/mol. The van der Waals surface area contributed by atoms with Gasteiger partial charge in [0.1, 0.15) is 5.54 Å². The quantitative estimate of drug-likeness (QED) is 0.709. The minimum absolute atomic E-state index is 0.318. The van der Waals surface area contributed by atoms with E-state index in [1.165, 1.54) is 0 Å². The molecule has 1 atom stereocenters. The predicted octanol–water partition coefficient (Wildman–Crippen LogP) is 2.52. The van der Waals surface area contributed by atoms with Crippen molar-refractivity contribution in [3.63, 3.8) is 0 Å². The topological polar surface area (TPSA) is 70.8 Å². The lowest BCUT2D eigenvalue weighted by Gasteiger charge is -2.22. The first-order chi connectivity index (χ1) is 10.0. The summed E-state index contributed by atoms with van der Waals surface area (Å²) in [7, 11) is 0. The van der Waals surface area contributed by atoms with E-state index in [2.05, 4.69) is 0 Å². The van der Waals surface area contributed by atoms with Crippen LogP contribution in [0.5, 0.6) is 11.5 Å². The van der Waals surface area contributed by atoms with Gasteiger partial charge in [-0.2, -0.15) is 0 Å². The molecule has 21 heavy (non-hydrogen) atoms. The Labute approximate surface area is 126 Å². The van der Waals surface area contributed by atoms with Crippen LogP contribution in [0, 0.1) is 0 Å².